The summed E-state index contributed by atoms with van der Waals surface area (Å²) in [6.07, 6.45) is 6.31. The lowest BCUT2D eigenvalue weighted by atomic mass is 9.78. The summed E-state index contributed by atoms with van der Waals surface area (Å²) in [5.74, 6) is -1.73. The van der Waals surface area contributed by atoms with E-state index in [0.717, 1.165) is 18.1 Å². The van der Waals surface area contributed by atoms with Gasteiger partial charge in [0.1, 0.15) is 12.4 Å². The fourth-order valence-electron chi connectivity index (χ4n) is 3.60. The maximum absolute atomic E-state index is 13.2. The second kappa shape index (κ2) is 7.94. The summed E-state index contributed by atoms with van der Waals surface area (Å²) in [7, 11) is 0. The van der Waals surface area contributed by atoms with Gasteiger partial charge in [-0.2, -0.15) is 0 Å². The van der Waals surface area contributed by atoms with Crippen molar-refractivity contribution in [3.63, 3.8) is 0 Å². The summed E-state index contributed by atoms with van der Waals surface area (Å²) in [6, 6.07) is 9.82. The zero-order valence-corrected chi connectivity index (χ0v) is 14.4. The SMILES string of the molecule is CC[C@H]1CC[C@H](c2ccc(OCc3cc(F)c(F)c(F)c3)cc2)CC1. The van der Waals surface area contributed by atoms with Gasteiger partial charge in [-0.15, -0.1) is 0 Å². The lowest BCUT2D eigenvalue weighted by Crippen LogP contribution is -2.12. The minimum Gasteiger partial charge on any atom is -0.489 e. The topological polar surface area (TPSA) is 9.23 Å². The molecule has 4 heteroatoms. The van der Waals surface area contributed by atoms with E-state index in [9.17, 15) is 13.2 Å². The molecule has 0 unspecified atom stereocenters. The summed E-state index contributed by atoms with van der Waals surface area (Å²) in [4.78, 5) is 0. The van der Waals surface area contributed by atoms with Crippen molar-refractivity contribution in [2.45, 2.75) is 51.6 Å². The molecule has 0 N–H and O–H groups in total. The van der Waals surface area contributed by atoms with Crippen molar-refractivity contribution in [3.8, 4) is 5.75 Å². The van der Waals surface area contributed by atoms with E-state index >= 15 is 0 Å². The maximum atomic E-state index is 13.2. The van der Waals surface area contributed by atoms with E-state index in [0.29, 0.717) is 11.7 Å². The fraction of sp³-hybridized carbons (Fsp3) is 0.429. The van der Waals surface area contributed by atoms with Crippen LogP contribution < -0.4 is 4.74 Å². The van der Waals surface area contributed by atoms with Crippen molar-refractivity contribution < 1.29 is 17.9 Å². The van der Waals surface area contributed by atoms with Gasteiger partial charge in [-0.05, 0) is 72.9 Å². The normalized spacial score (nSPS) is 20.5. The van der Waals surface area contributed by atoms with E-state index in [1.165, 1.54) is 37.7 Å². The molecule has 0 heterocycles. The van der Waals surface area contributed by atoms with Crippen LogP contribution in [0, 0.1) is 23.4 Å². The van der Waals surface area contributed by atoms with Gasteiger partial charge in [0, 0.05) is 0 Å². The number of hydrogen-bond donors (Lipinski definition) is 0. The average molecular weight is 348 g/mol. The van der Waals surface area contributed by atoms with Crippen molar-refractivity contribution >= 4 is 0 Å². The van der Waals surface area contributed by atoms with E-state index < -0.39 is 17.5 Å². The first-order chi connectivity index (χ1) is 12.1. The maximum Gasteiger partial charge on any atom is 0.194 e. The predicted molar refractivity (Wildman–Crippen MR) is 92.1 cm³/mol. The van der Waals surface area contributed by atoms with Gasteiger partial charge in [-0.3, -0.25) is 0 Å². The molecule has 0 amide bonds. The monoisotopic (exact) mass is 348 g/mol. The molecular weight excluding hydrogens is 325 g/mol. The van der Waals surface area contributed by atoms with Crippen LogP contribution in [-0.2, 0) is 6.61 Å². The number of rotatable bonds is 5. The Morgan fingerprint density at radius 3 is 2.08 bits per heavy atom. The third-order valence-electron chi connectivity index (χ3n) is 5.22. The number of halogens is 3. The Bertz CT molecular complexity index is 681. The summed E-state index contributed by atoms with van der Waals surface area (Å²) in [5, 5.41) is 0. The first-order valence-electron chi connectivity index (χ1n) is 8.93. The van der Waals surface area contributed by atoms with Gasteiger partial charge in [0.2, 0.25) is 0 Å². The van der Waals surface area contributed by atoms with Crippen molar-refractivity contribution in [1.29, 1.82) is 0 Å². The first kappa shape index (κ1) is 17.8. The van der Waals surface area contributed by atoms with Crippen molar-refractivity contribution in [2.24, 2.45) is 5.92 Å². The van der Waals surface area contributed by atoms with Gasteiger partial charge in [0.15, 0.2) is 17.5 Å². The Morgan fingerprint density at radius 2 is 1.52 bits per heavy atom. The largest absolute Gasteiger partial charge is 0.489 e. The average Bonchev–Trinajstić information content (AvgIpc) is 2.65. The highest BCUT2D eigenvalue weighted by Crippen LogP contribution is 2.37. The summed E-state index contributed by atoms with van der Waals surface area (Å²) < 4.78 is 44.9. The van der Waals surface area contributed by atoms with E-state index in [1.807, 2.05) is 12.1 Å². The highest BCUT2D eigenvalue weighted by molar-refractivity contribution is 5.30. The molecule has 0 atom stereocenters. The van der Waals surface area contributed by atoms with E-state index in [4.69, 9.17) is 4.74 Å². The smallest absolute Gasteiger partial charge is 0.194 e. The second-order valence-electron chi connectivity index (χ2n) is 6.86. The molecule has 1 nitrogen and oxygen atoms in total. The quantitative estimate of drug-likeness (QED) is 0.571. The van der Waals surface area contributed by atoms with Crippen LogP contribution in [0.25, 0.3) is 0 Å². The van der Waals surface area contributed by atoms with Crippen LogP contribution in [0.5, 0.6) is 5.75 Å². The molecule has 1 aliphatic carbocycles. The minimum absolute atomic E-state index is 0.00489. The fourth-order valence-corrected chi connectivity index (χ4v) is 3.60. The summed E-state index contributed by atoms with van der Waals surface area (Å²) in [5.41, 5.74) is 1.58. The van der Waals surface area contributed by atoms with E-state index in [-0.39, 0.29) is 12.2 Å². The molecule has 3 rings (SSSR count). The van der Waals surface area contributed by atoms with Gasteiger partial charge >= 0.3 is 0 Å². The number of hydrogen-bond acceptors (Lipinski definition) is 1. The Hall–Kier alpha value is -1.97. The number of ether oxygens (including phenoxy) is 1. The summed E-state index contributed by atoms with van der Waals surface area (Å²) >= 11 is 0. The van der Waals surface area contributed by atoms with Crippen LogP contribution >= 0.6 is 0 Å². The Kier molecular flexibility index (Phi) is 5.67. The third kappa shape index (κ3) is 4.36. The Balaban J connectivity index is 1.58. The van der Waals surface area contributed by atoms with Crippen molar-refractivity contribution in [1.82, 2.24) is 0 Å². The summed E-state index contributed by atoms with van der Waals surface area (Å²) in [6.45, 7) is 2.26. The Labute approximate surface area is 146 Å². The lowest BCUT2D eigenvalue weighted by molar-refractivity contribution is 0.302. The molecule has 2 aromatic rings. The van der Waals surface area contributed by atoms with Crippen LogP contribution in [-0.4, -0.2) is 0 Å². The predicted octanol–water partition coefficient (Wildman–Crippen LogP) is 6.37. The van der Waals surface area contributed by atoms with Crippen molar-refractivity contribution in [3.05, 3.63) is 65.0 Å². The molecular formula is C21H23F3O. The van der Waals surface area contributed by atoms with Crippen LogP contribution in [0.1, 0.15) is 56.1 Å². The molecule has 0 bridgehead atoms. The molecule has 25 heavy (non-hydrogen) atoms. The van der Waals surface area contributed by atoms with Crippen LogP contribution in [0.3, 0.4) is 0 Å². The first-order valence-corrected chi connectivity index (χ1v) is 8.93. The van der Waals surface area contributed by atoms with Crippen molar-refractivity contribution in [2.75, 3.05) is 0 Å². The van der Waals surface area contributed by atoms with Gasteiger partial charge in [-0.1, -0.05) is 25.5 Å². The van der Waals surface area contributed by atoms with E-state index in [1.54, 1.807) is 0 Å². The van der Waals surface area contributed by atoms with Gasteiger partial charge in [0.05, 0.1) is 0 Å². The van der Waals surface area contributed by atoms with Gasteiger partial charge in [0.25, 0.3) is 0 Å². The molecule has 2 aromatic carbocycles. The second-order valence-corrected chi connectivity index (χ2v) is 6.86. The molecule has 1 aliphatic rings. The minimum atomic E-state index is -1.45. The molecule has 0 saturated heterocycles. The molecule has 0 spiro atoms. The highest BCUT2D eigenvalue weighted by atomic mass is 19.2. The molecule has 1 saturated carbocycles. The molecule has 0 radical (unpaired) electrons. The number of benzene rings is 2. The lowest BCUT2D eigenvalue weighted by Gasteiger charge is -2.28. The zero-order chi connectivity index (χ0) is 17.8. The van der Waals surface area contributed by atoms with E-state index in [2.05, 4.69) is 19.1 Å². The van der Waals surface area contributed by atoms with Gasteiger partial charge in [-0.25, -0.2) is 13.2 Å². The molecule has 0 aromatic heterocycles. The van der Waals surface area contributed by atoms with Crippen LogP contribution in [0.2, 0.25) is 0 Å². The zero-order valence-electron chi connectivity index (χ0n) is 14.4. The Morgan fingerprint density at radius 1 is 0.920 bits per heavy atom. The molecule has 1 fully saturated rings. The van der Waals surface area contributed by atoms with Crippen LogP contribution in [0.15, 0.2) is 36.4 Å². The standard InChI is InChI=1S/C21H23F3O/c1-2-14-3-5-16(6-4-14)17-7-9-18(10-8-17)25-13-15-11-19(22)21(24)20(23)12-15/h7-12,14,16H,2-6,13H2,1H3/t14-,16-. The molecule has 0 aliphatic heterocycles. The van der Waals surface area contributed by atoms with Crippen LogP contribution in [0.4, 0.5) is 13.2 Å². The third-order valence-corrected chi connectivity index (χ3v) is 5.22. The highest BCUT2D eigenvalue weighted by Gasteiger charge is 2.21. The van der Waals surface area contributed by atoms with Gasteiger partial charge < -0.3 is 4.74 Å². The molecule has 134 valence electrons.